The van der Waals surface area contributed by atoms with Gasteiger partial charge in [0, 0.05) is 5.69 Å². The molecule has 0 saturated carbocycles. The van der Waals surface area contributed by atoms with Crippen LogP contribution in [0.4, 0.5) is 4.39 Å². The summed E-state index contributed by atoms with van der Waals surface area (Å²) < 4.78 is 27.8. The molecule has 2 aromatic rings. The molecule has 1 aromatic heterocycles. The summed E-state index contributed by atoms with van der Waals surface area (Å²) >= 11 is 0. The minimum atomic E-state index is -0.751. The first kappa shape index (κ1) is 20.2. The monoisotopic (exact) mass is 377 g/mol. The fourth-order valence-electron chi connectivity index (χ4n) is 2.47. The summed E-state index contributed by atoms with van der Waals surface area (Å²) in [6, 6.07) is 5.13. The Morgan fingerprint density at radius 3 is 2.33 bits per heavy atom. The predicted molar refractivity (Wildman–Crippen MR) is 93.4 cm³/mol. The van der Waals surface area contributed by atoms with Crippen LogP contribution >= 0.6 is 0 Å². The van der Waals surface area contributed by atoms with Crippen molar-refractivity contribution in [3.63, 3.8) is 0 Å². The van der Waals surface area contributed by atoms with Gasteiger partial charge >= 0.3 is 11.9 Å². The average Bonchev–Trinajstić information content (AvgIpc) is 2.93. The van der Waals surface area contributed by atoms with Crippen LogP contribution in [0, 0.1) is 19.7 Å². The van der Waals surface area contributed by atoms with E-state index in [-0.39, 0.29) is 12.3 Å². The van der Waals surface area contributed by atoms with Gasteiger partial charge in [0.2, 0.25) is 5.78 Å². The maximum atomic E-state index is 12.8. The first-order valence-electron chi connectivity index (χ1n) is 8.27. The highest BCUT2D eigenvalue weighted by molar-refractivity contribution is 6.02. The molecule has 8 heteroatoms. The number of rotatable bonds is 8. The molecule has 0 bridgehead atoms. The zero-order chi connectivity index (χ0) is 20.0. The topological polar surface area (TPSA) is 94.7 Å². The highest BCUT2D eigenvalue weighted by Gasteiger charge is 2.23. The van der Waals surface area contributed by atoms with Crippen molar-refractivity contribution in [2.75, 3.05) is 19.8 Å². The summed E-state index contributed by atoms with van der Waals surface area (Å²) in [5.74, 6) is -1.88. The largest absolute Gasteiger partial charge is 0.482 e. The van der Waals surface area contributed by atoms with Gasteiger partial charge in [-0.25, -0.2) is 14.0 Å². The Kier molecular flexibility index (Phi) is 6.70. The Bertz CT molecular complexity index is 841. The molecule has 7 nitrogen and oxygen atoms in total. The van der Waals surface area contributed by atoms with Crippen molar-refractivity contribution in [2.24, 2.45) is 0 Å². The van der Waals surface area contributed by atoms with Crippen molar-refractivity contribution in [3.05, 3.63) is 52.6 Å². The molecular formula is C19H20FNO6. The van der Waals surface area contributed by atoms with Crippen LogP contribution in [0.5, 0.6) is 5.75 Å². The highest BCUT2D eigenvalue weighted by atomic mass is 19.1. The number of nitrogens with one attached hydrogen (secondary N) is 1. The van der Waals surface area contributed by atoms with Gasteiger partial charge in [-0.3, -0.25) is 4.79 Å². The average molecular weight is 377 g/mol. The van der Waals surface area contributed by atoms with Crippen molar-refractivity contribution in [1.82, 2.24) is 4.98 Å². The Hall–Kier alpha value is -3.16. The van der Waals surface area contributed by atoms with Crippen LogP contribution in [0.3, 0.4) is 0 Å². The van der Waals surface area contributed by atoms with Crippen LogP contribution in [-0.4, -0.2) is 42.5 Å². The number of aromatic amines is 1. The molecule has 1 heterocycles. The molecule has 0 amide bonds. The molecule has 0 aliphatic rings. The number of ketones is 1. The molecule has 0 fully saturated rings. The lowest BCUT2D eigenvalue weighted by Gasteiger charge is -2.07. The standard InChI is InChI=1S/C19H20FNO6/c1-4-25-19(24)17-11(2)18(21-12(17)3)15(22)9-27-16(23)10-26-14-7-5-13(20)6-8-14/h5-8,21H,4,9-10H2,1-3H3. The first-order valence-corrected chi connectivity index (χ1v) is 8.27. The van der Waals surface area contributed by atoms with Crippen LogP contribution in [-0.2, 0) is 14.3 Å². The number of halogens is 1. The van der Waals surface area contributed by atoms with Gasteiger partial charge in [-0.1, -0.05) is 0 Å². The smallest absolute Gasteiger partial charge is 0.344 e. The third-order valence-corrected chi connectivity index (χ3v) is 3.73. The van der Waals surface area contributed by atoms with Gasteiger partial charge in [-0.2, -0.15) is 0 Å². The van der Waals surface area contributed by atoms with Crippen molar-refractivity contribution >= 4 is 17.7 Å². The molecule has 0 atom stereocenters. The van der Waals surface area contributed by atoms with E-state index in [2.05, 4.69) is 4.98 Å². The summed E-state index contributed by atoms with van der Waals surface area (Å²) in [4.78, 5) is 38.8. The number of H-pyrrole nitrogens is 1. The molecule has 0 saturated heterocycles. The molecule has 27 heavy (non-hydrogen) atoms. The fourth-order valence-corrected chi connectivity index (χ4v) is 2.47. The molecule has 0 spiro atoms. The molecule has 0 unspecified atom stereocenters. The number of esters is 2. The summed E-state index contributed by atoms with van der Waals surface area (Å²) in [6.07, 6.45) is 0. The quantitative estimate of drug-likeness (QED) is 0.561. The number of Topliss-reactive ketones (excluding diaryl/α,β-unsaturated/α-hetero) is 1. The summed E-state index contributed by atoms with van der Waals surface area (Å²) in [5, 5.41) is 0. The molecule has 144 valence electrons. The molecule has 0 aliphatic heterocycles. The van der Waals surface area contributed by atoms with Crippen molar-refractivity contribution in [3.8, 4) is 5.75 Å². The number of carbonyl (C=O) groups is 3. The number of benzene rings is 1. The van der Waals surface area contributed by atoms with Gasteiger partial charge in [0.1, 0.15) is 11.6 Å². The van der Waals surface area contributed by atoms with E-state index in [1.54, 1.807) is 20.8 Å². The number of ether oxygens (including phenoxy) is 3. The lowest BCUT2D eigenvalue weighted by Crippen LogP contribution is -2.20. The zero-order valence-corrected chi connectivity index (χ0v) is 15.3. The minimum absolute atomic E-state index is 0.183. The summed E-state index contributed by atoms with van der Waals surface area (Å²) in [7, 11) is 0. The van der Waals surface area contributed by atoms with Crippen LogP contribution < -0.4 is 4.74 Å². The predicted octanol–water partition coefficient (Wildman–Crippen LogP) is 2.75. The molecule has 1 aromatic carbocycles. The van der Waals surface area contributed by atoms with E-state index in [1.165, 1.54) is 24.3 Å². The Morgan fingerprint density at radius 1 is 1.04 bits per heavy atom. The molecule has 0 aliphatic carbocycles. The number of aromatic nitrogens is 1. The third-order valence-electron chi connectivity index (χ3n) is 3.73. The number of hydrogen-bond donors (Lipinski definition) is 1. The molecular weight excluding hydrogens is 357 g/mol. The van der Waals surface area contributed by atoms with E-state index in [4.69, 9.17) is 14.2 Å². The van der Waals surface area contributed by atoms with E-state index in [0.29, 0.717) is 22.6 Å². The molecule has 1 N–H and O–H groups in total. The maximum Gasteiger partial charge on any atom is 0.344 e. The SMILES string of the molecule is CCOC(=O)c1c(C)[nH]c(C(=O)COC(=O)COc2ccc(F)cc2)c1C. The van der Waals surface area contributed by atoms with Gasteiger partial charge in [0.15, 0.2) is 13.2 Å². The van der Waals surface area contributed by atoms with Gasteiger partial charge in [0.05, 0.1) is 17.9 Å². The Balaban J connectivity index is 1.91. The van der Waals surface area contributed by atoms with Gasteiger partial charge in [-0.05, 0) is 50.6 Å². The Labute approximate surface area is 155 Å². The van der Waals surface area contributed by atoms with E-state index >= 15 is 0 Å². The van der Waals surface area contributed by atoms with Crippen molar-refractivity contribution in [1.29, 1.82) is 0 Å². The second-order valence-electron chi connectivity index (χ2n) is 5.67. The molecule has 2 rings (SSSR count). The summed E-state index contributed by atoms with van der Waals surface area (Å²) in [6.45, 7) is 4.25. The van der Waals surface area contributed by atoms with Crippen LogP contribution in [0.15, 0.2) is 24.3 Å². The maximum absolute atomic E-state index is 12.8. The number of aryl methyl sites for hydroxylation is 1. The lowest BCUT2D eigenvalue weighted by atomic mass is 10.1. The fraction of sp³-hybridized carbons (Fsp3) is 0.316. The minimum Gasteiger partial charge on any atom is -0.482 e. The molecule has 0 radical (unpaired) electrons. The van der Waals surface area contributed by atoms with Gasteiger partial charge < -0.3 is 19.2 Å². The first-order chi connectivity index (χ1) is 12.8. The number of hydrogen-bond acceptors (Lipinski definition) is 6. The lowest BCUT2D eigenvalue weighted by molar-refractivity contribution is -0.144. The second kappa shape index (κ2) is 8.98. The highest BCUT2D eigenvalue weighted by Crippen LogP contribution is 2.19. The third kappa shape index (κ3) is 5.16. The van der Waals surface area contributed by atoms with E-state index < -0.39 is 36.8 Å². The van der Waals surface area contributed by atoms with Gasteiger partial charge in [-0.15, -0.1) is 0 Å². The van der Waals surface area contributed by atoms with E-state index in [0.717, 1.165) is 0 Å². The van der Waals surface area contributed by atoms with Crippen LogP contribution in [0.1, 0.15) is 39.0 Å². The van der Waals surface area contributed by atoms with E-state index in [1.807, 2.05) is 0 Å². The summed E-state index contributed by atoms with van der Waals surface area (Å²) in [5.41, 5.74) is 1.42. The van der Waals surface area contributed by atoms with Crippen LogP contribution in [0.25, 0.3) is 0 Å². The van der Waals surface area contributed by atoms with Crippen molar-refractivity contribution in [2.45, 2.75) is 20.8 Å². The second-order valence-corrected chi connectivity index (χ2v) is 5.67. The van der Waals surface area contributed by atoms with E-state index in [9.17, 15) is 18.8 Å². The normalized spacial score (nSPS) is 10.4. The van der Waals surface area contributed by atoms with Gasteiger partial charge in [0.25, 0.3) is 0 Å². The Morgan fingerprint density at radius 2 is 1.70 bits per heavy atom. The zero-order valence-electron chi connectivity index (χ0n) is 15.3. The number of carbonyl (C=O) groups excluding carboxylic acids is 3. The van der Waals surface area contributed by atoms with Crippen molar-refractivity contribution < 1.29 is 33.0 Å². The van der Waals surface area contributed by atoms with Crippen LogP contribution in [0.2, 0.25) is 0 Å².